The van der Waals surface area contributed by atoms with Gasteiger partial charge in [-0.25, -0.2) is 4.39 Å². The van der Waals surface area contributed by atoms with Crippen LogP contribution in [0.5, 0.6) is 0 Å². The summed E-state index contributed by atoms with van der Waals surface area (Å²) in [5, 5.41) is 0.0000764. The van der Waals surface area contributed by atoms with Crippen molar-refractivity contribution in [2.24, 2.45) is 0 Å². The molecule has 2 nitrogen and oxygen atoms in total. The number of benzene rings is 1. The van der Waals surface area contributed by atoms with Gasteiger partial charge in [0.05, 0.1) is 10.7 Å². The number of carbonyl (C=O) groups is 1. The number of hydrogen-bond donors (Lipinski definition) is 1. The van der Waals surface area contributed by atoms with Gasteiger partial charge >= 0.3 is 0 Å². The summed E-state index contributed by atoms with van der Waals surface area (Å²) in [6, 6.07) is 3.00. The lowest BCUT2D eigenvalue weighted by molar-refractivity contribution is -0.109. The van der Waals surface area contributed by atoms with E-state index in [1.807, 2.05) is 0 Å². The number of hydrogen-bond acceptors (Lipinski definition) is 3. The van der Waals surface area contributed by atoms with E-state index < -0.39 is 5.82 Å². The van der Waals surface area contributed by atoms with Crippen molar-refractivity contribution >= 4 is 34.2 Å². The molecule has 0 atom stereocenters. The molecule has 0 heterocycles. The lowest BCUT2D eigenvalue weighted by Crippen LogP contribution is -1.93. The van der Waals surface area contributed by atoms with Gasteiger partial charge < -0.3 is 5.73 Å². The van der Waals surface area contributed by atoms with Crippen molar-refractivity contribution in [2.75, 3.05) is 11.5 Å². The highest BCUT2D eigenvalue weighted by atomic mass is 35.5. The number of rotatable bonds is 2. The van der Waals surface area contributed by atoms with Gasteiger partial charge in [0.1, 0.15) is 0 Å². The Morgan fingerprint density at radius 3 is 2.94 bits per heavy atom. The second-order valence-electron chi connectivity index (χ2n) is 3.22. The molecule has 0 unspecified atom stereocenters. The Hall–Kier alpha value is -1.18. The minimum absolute atomic E-state index is 0.00712. The zero-order valence-electron chi connectivity index (χ0n) is 9.22. The van der Waals surface area contributed by atoms with Crippen LogP contribution in [0.25, 0.3) is 0 Å². The molecule has 0 bridgehead atoms. The quantitative estimate of drug-likeness (QED) is 0.511. The third-order valence-electron chi connectivity index (χ3n) is 1.87. The van der Waals surface area contributed by atoms with Crippen molar-refractivity contribution in [3.8, 4) is 11.8 Å². The molecular weight excluding hydrogens is 261 g/mol. The summed E-state index contributed by atoms with van der Waals surface area (Å²) in [7, 11) is 0. The van der Waals surface area contributed by atoms with Gasteiger partial charge in [-0.2, -0.15) is 0 Å². The summed E-state index contributed by atoms with van der Waals surface area (Å²) in [6.45, 7) is 1.50. The molecule has 0 aromatic heterocycles. The Labute approximate surface area is 109 Å². The first-order chi connectivity index (χ1) is 8.02. The van der Waals surface area contributed by atoms with Crippen LogP contribution in [-0.4, -0.2) is 10.9 Å². The molecule has 0 aliphatic carbocycles. The highest BCUT2D eigenvalue weighted by molar-refractivity contribution is 8.13. The molecule has 0 amide bonds. The van der Waals surface area contributed by atoms with Gasteiger partial charge in [0, 0.05) is 24.7 Å². The average molecular weight is 272 g/mol. The van der Waals surface area contributed by atoms with Gasteiger partial charge in [0.25, 0.3) is 0 Å². The van der Waals surface area contributed by atoms with Crippen LogP contribution in [0, 0.1) is 17.7 Å². The van der Waals surface area contributed by atoms with Crippen molar-refractivity contribution in [3.63, 3.8) is 0 Å². The molecule has 17 heavy (non-hydrogen) atoms. The van der Waals surface area contributed by atoms with Gasteiger partial charge in [-0.15, -0.1) is 0 Å². The van der Waals surface area contributed by atoms with Crippen LogP contribution in [0.3, 0.4) is 0 Å². The molecule has 5 heteroatoms. The average Bonchev–Trinajstić information content (AvgIpc) is 2.28. The number of nitrogens with two attached hydrogens (primary N) is 1. The van der Waals surface area contributed by atoms with Crippen LogP contribution in [0.2, 0.25) is 5.02 Å². The van der Waals surface area contributed by atoms with E-state index in [9.17, 15) is 9.18 Å². The second-order valence-corrected chi connectivity index (χ2v) is 4.87. The molecule has 0 fully saturated rings. The third kappa shape index (κ3) is 4.29. The van der Waals surface area contributed by atoms with Gasteiger partial charge in [-0.3, -0.25) is 4.79 Å². The summed E-state index contributed by atoms with van der Waals surface area (Å²) < 4.78 is 13.3. The molecule has 90 valence electrons. The number of halogens is 2. The molecular formula is C12H11ClFNOS. The zero-order valence-corrected chi connectivity index (χ0v) is 10.8. The van der Waals surface area contributed by atoms with E-state index in [2.05, 4.69) is 11.8 Å². The molecule has 1 rings (SSSR count). The summed E-state index contributed by atoms with van der Waals surface area (Å²) in [6.07, 6.45) is 0.548. The van der Waals surface area contributed by atoms with E-state index in [1.54, 1.807) is 6.07 Å². The van der Waals surface area contributed by atoms with E-state index in [0.717, 1.165) is 0 Å². The monoisotopic (exact) mass is 271 g/mol. The first kappa shape index (κ1) is 13.9. The predicted molar refractivity (Wildman–Crippen MR) is 70.5 cm³/mol. The van der Waals surface area contributed by atoms with Crippen LogP contribution >= 0.6 is 23.4 Å². The Kier molecular flexibility index (Phi) is 5.33. The SMILES string of the molecule is CC(=O)SCCC#Cc1ccc(N)c(F)c1Cl. The maximum atomic E-state index is 13.3. The van der Waals surface area contributed by atoms with Gasteiger partial charge in [-0.05, 0) is 12.1 Å². The Morgan fingerprint density at radius 2 is 2.29 bits per heavy atom. The van der Waals surface area contributed by atoms with Gasteiger partial charge in [0.15, 0.2) is 10.9 Å². The number of nitrogen functional groups attached to an aromatic ring is 1. The summed E-state index contributed by atoms with van der Waals surface area (Å²) in [5.74, 6) is 5.56. The van der Waals surface area contributed by atoms with Crippen molar-refractivity contribution < 1.29 is 9.18 Å². The third-order valence-corrected chi connectivity index (χ3v) is 3.05. The largest absolute Gasteiger partial charge is 0.396 e. The fourth-order valence-electron chi connectivity index (χ4n) is 1.06. The Balaban J connectivity index is 2.66. The van der Waals surface area contributed by atoms with Gasteiger partial charge in [0.2, 0.25) is 0 Å². The summed E-state index contributed by atoms with van der Waals surface area (Å²) >= 11 is 6.95. The number of carbonyl (C=O) groups excluding carboxylic acids is 1. The van der Waals surface area contributed by atoms with Crippen LogP contribution in [0.4, 0.5) is 10.1 Å². The van der Waals surface area contributed by atoms with Crippen molar-refractivity contribution in [1.82, 2.24) is 0 Å². The first-order valence-corrected chi connectivity index (χ1v) is 6.24. The molecule has 0 aliphatic heterocycles. The molecule has 0 radical (unpaired) electrons. The normalized spacial score (nSPS) is 9.59. The van der Waals surface area contributed by atoms with E-state index in [4.69, 9.17) is 17.3 Å². The fraction of sp³-hybridized carbons (Fsp3) is 0.250. The predicted octanol–water partition coefficient (Wildman–Crippen LogP) is 3.08. The van der Waals surface area contributed by atoms with Gasteiger partial charge in [-0.1, -0.05) is 35.2 Å². The van der Waals surface area contributed by atoms with Crippen molar-refractivity contribution in [1.29, 1.82) is 0 Å². The van der Waals surface area contributed by atoms with E-state index >= 15 is 0 Å². The molecule has 2 N–H and O–H groups in total. The minimum atomic E-state index is -0.642. The topological polar surface area (TPSA) is 43.1 Å². The number of thioether (sulfide) groups is 1. The molecule has 0 aliphatic rings. The lowest BCUT2D eigenvalue weighted by atomic mass is 10.2. The van der Waals surface area contributed by atoms with E-state index in [1.165, 1.54) is 24.8 Å². The molecule has 0 saturated carbocycles. The molecule has 1 aromatic carbocycles. The van der Waals surface area contributed by atoms with E-state index in [-0.39, 0.29) is 15.8 Å². The standard InChI is InChI=1S/C12H11ClFNOS/c1-8(16)17-7-3-2-4-9-5-6-10(15)12(14)11(9)13/h5-6H,3,7,15H2,1H3. The minimum Gasteiger partial charge on any atom is -0.396 e. The summed E-state index contributed by atoms with van der Waals surface area (Å²) in [5.41, 5.74) is 5.77. The molecule has 0 saturated heterocycles. The number of anilines is 1. The first-order valence-electron chi connectivity index (χ1n) is 4.88. The maximum absolute atomic E-state index is 13.3. The maximum Gasteiger partial charge on any atom is 0.185 e. The lowest BCUT2D eigenvalue weighted by Gasteiger charge is -2.00. The second kappa shape index (κ2) is 6.53. The summed E-state index contributed by atoms with van der Waals surface area (Å²) in [4.78, 5) is 10.6. The fourth-order valence-corrected chi connectivity index (χ4v) is 1.78. The Morgan fingerprint density at radius 1 is 1.59 bits per heavy atom. The molecule has 1 aromatic rings. The van der Waals surface area contributed by atoms with Crippen LogP contribution in [0.15, 0.2) is 12.1 Å². The highest BCUT2D eigenvalue weighted by Gasteiger charge is 2.07. The molecule has 0 spiro atoms. The highest BCUT2D eigenvalue weighted by Crippen LogP contribution is 2.23. The Bertz CT molecular complexity index is 493. The van der Waals surface area contributed by atoms with Crippen LogP contribution in [0.1, 0.15) is 18.9 Å². The zero-order chi connectivity index (χ0) is 12.8. The van der Waals surface area contributed by atoms with Crippen molar-refractivity contribution in [3.05, 3.63) is 28.5 Å². The smallest absolute Gasteiger partial charge is 0.185 e. The van der Waals surface area contributed by atoms with Crippen molar-refractivity contribution in [2.45, 2.75) is 13.3 Å². The van der Waals surface area contributed by atoms with Crippen LogP contribution in [-0.2, 0) is 4.79 Å². The van der Waals surface area contributed by atoms with Crippen LogP contribution < -0.4 is 5.73 Å². The van der Waals surface area contributed by atoms with E-state index in [0.29, 0.717) is 17.7 Å².